The van der Waals surface area contributed by atoms with E-state index in [-0.39, 0.29) is 0 Å². The lowest BCUT2D eigenvalue weighted by Gasteiger charge is -2.22. The number of ether oxygens (including phenoxy) is 1. The minimum Gasteiger partial charge on any atom is -0.444 e. The topological polar surface area (TPSA) is 89.2 Å². The number of nitrogens with one attached hydrogen (secondary N) is 1. The van der Waals surface area contributed by atoms with Crippen LogP contribution in [0.3, 0.4) is 0 Å². The second-order valence-electron chi connectivity index (χ2n) is 5.09. The van der Waals surface area contributed by atoms with Gasteiger partial charge in [0.15, 0.2) is 0 Å². The Labute approximate surface area is 114 Å². The van der Waals surface area contributed by atoms with E-state index in [0.29, 0.717) is 39.0 Å². The normalized spacial score (nSPS) is 10.6. The van der Waals surface area contributed by atoms with Crippen LogP contribution in [0.25, 0.3) is 0 Å². The molecule has 106 valence electrons. The first-order chi connectivity index (χ1) is 8.89. The van der Waals surface area contributed by atoms with Crippen LogP contribution < -0.4 is 5.32 Å². The quantitative estimate of drug-likeness (QED) is 0.756. The molecule has 6 heteroatoms. The molecule has 0 radical (unpaired) electrons. The first-order valence-electron chi connectivity index (χ1n) is 6.32. The van der Waals surface area contributed by atoms with Crippen molar-refractivity contribution in [2.24, 2.45) is 0 Å². The first kappa shape index (κ1) is 17.2. The van der Waals surface area contributed by atoms with Gasteiger partial charge in [-0.2, -0.15) is 10.5 Å². The lowest BCUT2D eigenvalue weighted by molar-refractivity contribution is 0.0522. The van der Waals surface area contributed by atoms with Crippen molar-refractivity contribution in [3.63, 3.8) is 0 Å². The summed E-state index contributed by atoms with van der Waals surface area (Å²) in [6, 6.07) is 4.14. The van der Waals surface area contributed by atoms with Gasteiger partial charge in [-0.15, -0.1) is 0 Å². The van der Waals surface area contributed by atoms with E-state index in [1.54, 1.807) is 20.8 Å². The third kappa shape index (κ3) is 11.1. The number of rotatable bonds is 7. The molecule has 0 saturated heterocycles. The molecule has 0 aliphatic carbocycles. The maximum atomic E-state index is 11.4. The van der Waals surface area contributed by atoms with Gasteiger partial charge in [0.25, 0.3) is 0 Å². The van der Waals surface area contributed by atoms with Crippen molar-refractivity contribution in [2.75, 3.05) is 26.2 Å². The monoisotopic (exact) mass is 266 g/mol. The summed E-state index contributed by atoms with van der Waals surface area (Å²) in [7, 11) is 0. The highest BCUT2D eigenvalue weighted by atomic mass is 16.6. The minimum absolute atomic E-state index is 0.415. The van der Waals surface area contributed by atoms with Crippen molar-refractivity contribution in [2.45, 2.75) is 39.2 Å². The van der Waals surface area contributed by atoms with Gasteiger partial charge in [-0.3, -0.25) is 4.90 Å². The Hall–Kier alpha value is -1.79. The van der Waals surface area contributed by atoms with Crippen LogP contribution in [-0.2, 0) is 4.74 Å². The molecule has 1 amide bonds. The van der Waals surface area contributed by atoms with E-state index in [1.807, 2.05) is 4.90 Å². The molecule has 0 aromatic rings. The lowest BCUT2D eigenvalue weighted by Crippen LogP contribution is -2.38. The van der Waals surface area contributed by atoms with E-state index in [4.69, 9.17) is 15.3 Å². The summed E-state index contributed by atoms with van der Waals surface area (Å²) >= 11 is 0. The molecule has 0 unspecified atom stereocenters. The Morgan fingerprint density at radius 2 is 1.68 bits per heavy atom. The predicted octanol–water partition coefficient (Wildman–Crippen LogP) is 1.64. The summed E-state index contributed by atoms with van der Waals surface area (Å²) in [5, 5.41) is 19.8. The molecule has 0 aromatic carbocycles. The second-order valence-corrected chi connectivity index (χ2v) is 5.09. The number of carbonyl (C=O) groups is 1. The van der Waals surface area contributed by atoms with Gasteiger partial charge in [-0.25, -0.2) is 4.79 Å². The number of nitrogens with zero attached hydrogens (tertiary/aromatic N) is 3. The average molecular weight is 266 g/mol. The number of amides is 1. The lowest BCUT2D eigenvalue weighted by atomic mass is 10.2. The fourth-order valence-corrected chi connectivity index (χ4v) is 1.38. The van der Waals surface area contributed by atoms with E-state index in [9.17, 15) is 4.79 Å². The van der Waals surface area contributed by atoms with Gasteiger partial charge in [0, 0.05) is 39.0 Å². The van der Waals surface area contributed by atoms with E-state index in [0.717, 1.165) is 0 Å². The number of carbonyl (C=O) groups excluding carboxylic acids is 1. The summed E-state index contributed by atoms with van der Waals surface area (Å²) in [5.74, 6) is 0. The van der Waals surface area contributed by atoms with Gasteiger partial charge >= 0.3 is 6.09 Å². The van der Waals surface area contributed by atoms with E-state index >= 15 is 0 Å². The van der Waals surface area contributed by atoms with Crippen molar-refractivity contribution in [1.29, 1.82) is 10.5 Å². The third-order valence-electron chi connectivity index (χ3n) is 2.18. The van der Waals surface area contributed by atoms with Gasteiger partial charge in [-0.1, -0.05) is 0 Å². The zero-order valence-corrected chi connectivity index (χ0v) is 11.9. The molecular formula is C13H22N4O2. The highest BCUT2D eigenvalue weighted by Crippen LogP contribution is 2.06. The Kier molecular flexibility index (Phi) is 8.32. The largest absolute Gasteiger partial charge is 0.444 e. The second kappa shape index (κ2) is 9.18. The smallest absolute Gasteiger partial charge is 0.407 e. The summed E-state index contributed by atoms with van der Waals surface area (Å²) < 4.78 is 5.11. The van der Waals surface area contributed by atoms with Crippen LogP contribution in [0.1, 0.15) is 33.6 Å². The van der Waals surface area contributed by atoms with Gasteiger partial charge in [0.2, 0.25) is 0 Å². The molecular weight excluding hydrogens is 244 g/mol. The summed E-state index contributed by atoms with van der Waals surface area (Å²) in [6.45, 7) is 7.66. The highest BCUT2D eigenvalue weighted by molar-refractivity contribution is 5.67. The number of alkyl carbamates (subject to hydrolysis) is 1. The zero-order chi connectivity index (χ0) is 14.7. The Balaban J connectivity index is 3.94. The maximum Gasteiger partial charge on any atom is 0.407 e. The van der Waals surface area contributed by atoms with Crippen LogP contribution in [0, 0.1) is 22.7 Å². The molecule has 0 saturated carbocycles. The summed E-state index contributed by atoms with van der Waals surface area (Å²) in [4.78, 5) is 13.4. The molecule has 0 atom stereocenters. The highest BCUT2D eigenvalue weighted by Gasteiger charge is 2.15. The van der Waals surface area contributed by atoms with Crippen molar-refractivity contribution in [3.8, 4) is 12.1 Å². The van der Waals surface area contributed by atoms with Crippen LogP contribution in [0.5, 0.6) is 0 Å². The van der Waals surface area contributed by atoms with Crippen molar-refractivity contribution < 1.29 is 9.53 Å². The Morgan fingerprint density at radius 3 is 2.11 bits per heavy atom. The molecule has 0 fully saturated rings. The van der Waals surface area contributed by atoms with Crippen molar-refractivity contribution >= 4 is 6.09 Å². The van der Waals surface area contributed by atoms with Gasteiger partial charge in [-0.05, 0) is 20.8 Å². The number of hydrogen-bond donors (Lipinski definition) is 1. The van der Waals surface area contributed by atoms with Crippen LogP contribution in [0.4, 0.5) is 4.79 Å². The molecule has 19 heavy (non-hydrogen) atoms. The molecule has 0 heterocycles. The van der Waals surface area contributed by atoms with Crippen LogP contribution in [0.15, 0.2) is 0 Å². The standard InChI is InChI=1S/C13H22N4O2/c1-13(2,3)19-12(18)16-8-11-17(9-4-6-14)10-5-7-15/h4-5,8-11H2,1-3H3,(H,16,18). The van der Waals surface area contributed by atoms with Gasteiger partial charge in [0.1, 0.15) is 5.60 Å². The summed E-state index contributed by atoms with van der Waals surface area (Å²) in [5.41, 5.74) is -0.509. The van der Waals surface area contributed by atoms with E-state index < -0.39 is 11.7 Å². The maximum absolute atomic E-state index is 11.4. The molecule has 1 N–H and O–H groups in total. The number of hydrogen-bond acceptors (Lipinski definition) is 5. The summed E-state index contributed by atoms with van der Waals surface area (Å²) in [6.07, 6.45) is 0.378. The average Bonchev–Trinajstić information content (AvgIpc) is 2.29. The van der Waals surface area contributed by atoms with E-state index in [2.05, 4.69) is 17.5 Å². The Bertz CT molecular complexity index is 331. The molecule has 0 aromatic heterocycles. The number of nitriles is 2. The molecule has 0 bridgehead atoms. The van der Waals surface area contributed by atoms with Crippen molar-refractivity contribution in [3.05, 3.63) is 0 Å². The van der Waals surface area contributed by atoms with Gasteiger partial charge < -0.3 is 10.1 Å². The van der Waals surface area contributed by atoms with Crippen LogP contribution in [-0.4, -0.2) is 42.8 Å². The van der Waals surface area contributed by atoms with Gasteiger partial charge in [0.05, 0.1) is 12.1 Å². The molecule has 0 spiro atoms. The fourth-order valence-electron chi connectivity index (χ4n) is 1.38. The molecule has 0 rings (SSSR count). The molecule has 0 aliphatic heterocycles. The third-order valence-corrected chi connectivity index (χ3v) is 2.18. The van der Waals surface area contributed by atoms with Crippen LogP contribution in [0.2, 0.25) is 0 Å². The molecule has 6 nitrogen and oxygen atoms in total. The van der Waals surface area contributed by atoms with Crippen molar-refractivity contribution in [1.82, 2.24) is 10.2 Å². The minimum atomic E-state index is -0.509. The SMILES string of the molecule is CC(C)(C)OC(=O)NCCN(CCC#N)CCC#N. The molecule has 0 aliphatic rings. The van der Waals surface area contributed by atoms with E-state index in [1.165, 1.54) is 0 Å². The predicted molar refractivity (Wildman–Crippen MR) is 71.1 cm³/mol. The fraction of sp³-hybridized carbons (Fsp3) is 0.769. The first-order valence-corrected chi connectivity index (χ1v) is 6.32. The zero-order valence-electron chi connectivity index (χ0n) is 11.9. The Morgan fingerprint density at radius 1 is 1.16 bits per heavy atom. The van der Waals surface area contributed by atoms with Crippen LogP contribution >= 0.6 is 0 Å².